The average molecular weight is 640 g/mol. The van der Waals surface area contributed by atoms with Crippen LogP contribution in [0.1, 0.15) is 41.3 Å². The molecule has 2 atom stereocenters. The van der Waals surface area contributed by atoms with Gasteiger partial charge in [-0.3, -0.25) is 14.4 Å². The molecule has 2 aliphatic rings. The lowest BCUT2D eigenvalue weighted by molar-refractivity contribution is -0.136. The standard InChI is InChI=1S/C34H37N7O6/c1-3-39-20-32(42)36-28-15-16-40(34(44)25-9-11-26(12-10-25)41-22-35-37-38-41)19-31(28)46-21-24-5-4-6-27(17-24)47-30-18-23(8-14-33(39)43)7-13-29(30)45-2/h4-7,9-13,17-18,22,28,31H,3,8,14-16,19-21H2,1-2H3,(H,36,42)/t28-,31-/m0/s1. The van der Waals surface area contributed by atoms with Crippen molar-refractivity contribution in [3.8, 4) is 22.9 Å². The molecule has 244 valence electrons. The Kier molecular flexibility index (Phi) is 9.72. The van der Waals surface area contributed by atoms with E-state index in [2.05, 4.69) is 20.8 Å². The number of ether oxygens (including phenoxy) is 3. The van der Waals surface area contributed by atoms with Crippen LogP contribution in [0.15, 0.2) is 73.1 Å². The normalized spacial score (nSPS) is 19.1. The fourth-order valence-corrected chi connectivity index (χ4v) is 5.85. The van der Waals surface area contributed by atoms with E-state index in [0.717, 1.165) is 16.8 Å². The Hall–Kier alpha value is -5.30. The first kappa shape index (κ1) is 31.7. The van der Waals surface area contributed by atoms with Crippen molar-refractivity contribution < 1.29 is 28.6 Å². The first-order valence-corrected chi connectivity index (χ1v) is 15.7. The largest absolute Gasteiger partial charge is 0.493 e. The second-order valence-corrected chi connectivity index (χ2v) is 11.5. The minimum Gasteiger partial charge on any atom is -0.493 e. The molecule has 0 spiro atoms. The number of tetrazole rings is 1. The van der Waals surface area contributed by atoms with Gasteiger partial charge in [0.15, 0.2) is 11.5 Å². The Morgan fingerprint density at radius 1 is 1.04 bits per heavy atom. The molecule has 2 aliphatic heterocycles. The summed E-state index contributed by atoms with van der Waals surface area (Å²) in [4.78, 5) is 43.3. The van der Waals surface area contributed by atoms with Crippen LogP contribution in [0.3, 0.4) is 0 Å². The molecule has 4 aromatic rings. The van der Waals surface area contributed by atoms with Gasteiger partial charge in [-0.1, -0.05) is 18.2 Å². The molecule has 1 saturated heterocycles. The molecule has 1 aromatic heterocycles. The van der Waals surface area contributed by atoms with Crippen molar-refractivity contribution in [2.45, 2.75) is 44.9 Å². The number of carbonyl (C=O) groups is 3. The van der Waals surface area contributed by atoms with E-state index in [1.165, 1.54) is 11.0 Å². The number of likely N-dealkylation sites (N-methyl/N-ethyl adjacent to an activating group) is 1. The van der Waals surface area contributed by atoms with Crippen LogP contribution in [0.25, 0.3) is 5.69 Å². The summed E-state index contributed by atoms with van der Waals surface area (Å²) in [7, 11) is 1.58. The van der Waals surface area contributed by atoms with Crippen LogP contribution < -0.4 is 14.8 Å². The lowest BCUT2D eigenvalue weighted by Crippen LogP contribution is -2.57. The maximum Gasteiger partial charge on any atom is 0.253 e. The average Bonchev–Trinajstić information content (AvgIpc) is 3.64. The fourth-order valence-electron chi connectivity index (χ4n) is 5.85. The third-order valence-corrected chi connectivity index (χ3v) is 8.44. The summed E-state index contributed by atoms with van der Waals surface area (Å²) in [6, 6.07) is 19.9. The van der Waals surface area contributed by atoms with Gasteiger partial charge in [-0.15, -0.1) is 5.10 Å². The molecule has 4 bridgehead atoms. The van der Waals surface area contributed by atoms with Crippen molar-refractivity contribution in [3.05, 3.63) is 89.7 Å². The van der Waals surface area contributed by atoms with Crippen LogP contribution in [-0.4, -0.2) is 93.2 Å². The number of nitrogens with zero attached hydrogens (tertiary/aromatic N) is 6. The predicted molar refractivity (Wildman–Crippen MR) is 170 cm³/mol. The fraction of sp³-hybridized carbons (Fsp3) is 0.353. The molecule has 1 fully saturated rings. The molecule has 13 nitrogen and oxygen atoms in total. The number of hydrogen-bond acceptors (Lipinski definition) is 9. The molecular weight excluding hydrogens is 602 g/mol. The number of likely N-dealkylation sites (tertiary alicyclic amines) is 1. The second kappa shape index (κ2) is 14.4. The molecule has 13 heteroatoms. The van der Waals surface area contributed by atoms with Crippen LogP contribution in [0, 0.1) is 0 Å². The number of carbonyl (C=O) groups excluding carboxylic acids is 3. The highest BCUT2D eigenvalue weighted by atomic mass is 16.5. The maximum atomic E-state index is 13.6. The molecule has 6 rings (SSSR count). The molecule has 1 N–H and O–H groups in total. The van der Waals surface area contributed by atoms with E-state index in [-0.39, 0.29) is 49.9 Å². The van der Waals surface area contributed by atoms with Crippen LogP contribution in [-0.2, 0) is 27.4 Å². The zero-order valence-corrected chi connectivity index (χ0v) is 26.4. The molecule has 0 unspecified atom stereocenters. The SMILES string of the molecule is CCN1CC(=O)N[C@H]2CCN(C(=O)c3ccc(-n4cnnn4)cc3)C[C@@H]2OCc2cccc(c2)Oc2cc(ccc2OC)CCC1=O. The number of rotatable bonds is 4. The highest BCUT2D eigenvalue weighted by Crippen LogP contribution is 2.33. The van der Waals surface area contributed by atoms with Gasteiger partial charge in [0.1, 0.15) is 12.1 Å². The number of benzene rings is 3. The number of hydrogen-bond donors (Lipinski definition) is 1. The molecule has 0 saturated carbocycles. The summed E-state index contributed by atoms with van der Waals surface area (Å²) >= 11 is 0. The summed E-state index contributed by atoms with van der Waals surface area (Å²) in [6.45, 7) is 3.13. The van der Waals surface area contributed by atoms with E-state index < -0.39 is 6.10 Å². The third-order valence-electron chi connectivity index (χ3n) is 8.44. The predicted octanol–water partition coefficient (Wildman–Crippen LogP) is 3.17. The van der Waals surface area contributed by atoms with Gasteiger partial charge >= 0.3 is 0 Å². The number of fused-ring (bicyclic) bond motifs is 5. The highest BCUT2D eigenvalue weighted by molar-refractivity contribution is 5.94. The van der Waals surface area contributed by atoms with Crippen molar-refractivity contribution in [1.29, 1.82) is 0 Å². The van der Waals surface area contributed by atoms with Crippen molar-refractivity contribution in [3.63, 3.8) is 0 Å². The van der Waals surface area contributed by atoms with Gasteiger partial charge in [-0.25, -0.2) is 4.68 Å². The topological polar surface area (TPSA) is 141 Å². The van der Waals surface area contributed by atoms with Crippen molar-refractivity contribution in [1.82, 2.24) is 35.3 Å². The van der Waals surface area contributed by atoms with Gasteiger partial charge in [0, 0.05) is 31.6 Å². The first-order chi connectivity index (χ1) is 22.9. The zero-order valence-electron chi connectivity index (χ0n) is 26.4. The highest BCUT2D eigenvalue weighted by Gasteiger charge is 2.34. The van der Waals surface area contributed by atoms with Gasteiger partial charge in [-0.2, -0.15) is 0 Å². The van der Waals surface area contributed by atoms with Crippen LogP contribution in [0.2, 0.25) is 0 Å². The van der Waals surface area contributed by atoms with E-state index in [1.807, 2.05) is 49.4 Å². The quantitative estimate of drug-likeness (QED) is 0.357. The van der Waals surface area contributed by atoms with E-state index in [1.54, 1.807) is 41.2 Å². The Bertz CT molecular complexity index is 1710. The van der Waals surface area contributed by atoms with Crippen molar-refractivity contribution in [2.75, 3.05) is 33.3 Å². The summed E-state index contributed by atoms with van der Waals surface area (Å²) < 4.78 is 19.7. The lowest BCUT2D eigenvalue weighted by atomic mass is 10.00. The van der Waals surface area contributed by atoms with Crippen LogP contribution in [0.4, 0.5) is 0 Å². The Labute approximate surface area is 272 Å². The molecule has 3 heterocycles. The van der Waals surface area contributed by atoms with Gasteiger partial charge in [0.2, 0.25) is 11.8 Å². The van der Waals surface area contributed by atoms with Gasteiger partial charge < -0.3 is 29.3 Å². The Morgan fingerprint density at radius 3 is 2.66 bits per heavy atom. The molecule has 3 aromatic carbocycles. The molecular formula is C34H37N7O6. The van der Waals surface area contributed by atoms with E-state index >= 15 is 0 Å². The lowest BCUT2D eigenvalue weighted by Gasteiger charge is -2.39. The number of amides is 3. The molecule has 0 radical (unpaired) electrons. The molecule has 0 aliphatic carbocycles. The number of methoxy groups -OCH3 is 1. The summed E-state index contributed by atoms with van der Waals surface area (Å²) in [6.07, 6.45) is 2.20. The first-order valence-electron chi connectivity index (χ1n) is 15.7. The third kappa shape index (κ3) is 7.58. The van der Waals surface area contributed by atoms with E-state index in [9.17, 15) is 14.4 Å². The van der Waals surface area contributed by atoms with Gasteiger partial charge in [-0.05, 0) is 89.8 Å². The smallest absolute Gasteiger partial charge is 0.253 e. The van der Waals surface area contributed by atoms with Gasteiger partial charge in [0.05, 0.1) is 38.1 Å². The summed E-state index contributed by atoms with van der Waals surface area (Å²) in [5, 5.41) is 14.3. The molecule has 47 heavy (non-hydrogen) atoms. The monoisotopic (exact) mass is 639 g/mol. The van der Waals surface area contributed by atoms with Crippen molar-refractivity contribution >= 4 is 17.7 Å². The molecule has 3 amide bonds. The number of aryl methyl sites for hydroxylation is 1. The Morgan fingerprint density at radius 2 is 1.89 bits per heavy atom. The van der Waals surface area contributed by atoms with Crippen molar-refractivity contribution in [2.24, 2.45) is 0 Å². The summed E-state index contributed by atoms with van der Waals surface area (Å²) in [5.41, 5.74) is 3.04. The summed E-state index contributed by atoms with van der Waals surface area (Å²) in [5.74, 6) is 1.19. The van der Waals surface area contributed by atoms with Crippen LogP contribution >= 0.6 is 0 Å². The number of nitrogens with one attached hydrogen (secondary N) is 1. The zero-order chi connectivity index (χ0) is 32.8. The number of aromatic nitrogens is 4. The number of piperidine rings is 1. The second-order valence-electron chi connectivity index (χ2n) is 11.5. The van der Waals surface area contributed by atoms with Gasteiger partial charge in [0.25, 0.3) is 5.91 Å². The van der Waals surface area contributed by atoms with E-state index in [4.69, 9.17) is 14.2 Å². The Balaban J connectivity index is 1.24. The van der Waals surface area contributed by atoms with E-state index in [0.29, 0.717) is 48.7 Å². The minimum atomic E-state index is -0.497. The maximum absolute atomic E-state index is 13.6. The minimum absolute atomic E-state index is 0.0616. The van der Waals surface area contributed by atoms with Crippen LogP contribution in [0.5, 0.6) is 17.2 Å².